The first-order valence-electron chi connectivity index (χ1n) is 3.43. The van der Waals surface area contributed by atoms with Gasteiger partial charge in [-0.15, -0.1) is 0 Å². The molecule has 1 aromatic rings. The molecule has 1 nitrogen and oxygen atoms in total. The zero-order valence-corrected chi connectivity index (χ0v) is 9.63. The first-order valence-corrected chi connectivity index (χ1v) is 4.20. The molecule has 1 heterocycles. The van der Waals surface area contributed by atoms with Crippen LogP contribution < -0.4 is 0 Å². The van der Waals surface area contributed by atoms with Crippen LogP contribution in [0.1, 0.15) is 5.56 Å². The smallest absolute Gasteiger partial charge is 0.0377 e. The van der Waals surface area contributed by atoms with Gasteiger partial charge in [0.1, 0.15) is 0 Å². The van der Waals surface area contributed by atoms with E-state index in [9.17, 15) is 0 Å². The molecule has 12 heavy (non-hydrogen) atoms. The summed E-state index contributed by atoms with van der Waals surface area (Å²) in [7, 11) is 0. The third-order valence-corrected chi connectivity index (χ3v) is 2.29. The van der Waals surface area contributed by atoms with E-state index in [1.165, 1.54) is 22.4 Å². The van der Waals surface area contributed by atoms with Gasteiger partial charge in [0, 0.05) is 60.8 Å². The number of hydrogen-bond donors (Lipinski definition) is 0. The second-order valence-corrected chi connectivity index (χ2v) is 3.08. The molecular formula is C9H7CaNS. The minimum atomic E-state index is 0. The van der Waals surface area contributed by atoms with Crippen LogP contribution in [0.3, 0.4) is 0 Å². The van der Waals surface area contributed by atoms with Crippen molar-refractivity contribution in [3.8, 4) is 0 Å². The summed E-state index contributed by atoms with van der Waals surface area (Å²) in [6.45, 7) is 0. The van der Waals surface area contributed by atoms with Crippen molar-refractivity contribution in [2.24, 2.45) is 4.40 Å². The fourth-order valence-corrected chi connectivity index (χ4v) is 1.60. The number of allylic oxidation sites excluding steroid dienone is 1. The van der Waals surface area contributed by atoms with Crippen LogP contribution in [0.5, 0.6) is 0 Å². The third-order valence-electron chi connectivity index (χ3n) is 1.49. The van der Waals surface area contributed by atoms with Gasteiger partial charge in [0.05, 0.1) is 0 Å². The zero-order valence-electron chi connectivity index (χ0n) is 6.60. The van der Waals surface area contributed by atoms with Crippen molar-refractivity contribution in [1.29, 1.82) is 0 Å². The molecule has 2 rings (SSSR count). The Morgan fingerprint density at radius 1 is 1.17 bits per heavy atom. The van der Waals surface area contributed by atoms with E-state index in [-0.39, 0.29) is 37.7 Å². The van der Waals surface area contributed by atoms with Crippen molar-refractivity contribution < 1.29 is 0 Å². The Balaban J connectivity index is 0.000000720. The number of fused-ring (bicyclic) bond motifs is 1. The van der Waals surface area contributed by atoms with Gasteiger partial charge in [0.25, 0.3) is 0 Å². The van der Waals surface area contributed by atoms with E-state index in [1.807, 2.05) is 24.4 Å². The summed E-state index contributed by atoms with van der Waals surface area (Å²) < 4.78 is 4.12. The van der Waals surface area contributed by atoms with E-state index in [4.69, 9.17) is 0 Å². The summed E-state index contributed by atoms with van der Waals surface area (Å²) in [5.74, 6) is 0. The average Bonchev–Trinajstić information content (AvgIpc) is 2.28. The summed E-state index contributed by atoms with van der Waals surface area (Å²) in [6, 6.07) is 8.23. The van der Waals surface area contributed by atoms with Crippen molar-refractivity contribution >= 4 is 62.0 Å². The van der Waals surface area contributed by atoms with E-state index >= 15 is 0 Å². The van der Waals surface area contributed by atoms with E-state index in [2.05, 4.69) is 22.6 Å². The average molecular weight is 201 g/mol. The Bertz CT molecular complexity index is 320. The van der Waals surface area contributed by atoms with Gasteiger partial charge in [-0.3, -0.25) is 0 Å². The van der Waals surface area contributed by atoms with Crippen LogP contribution in [0.4, 0.5) is 0 Å². The maximum absolute atomic E-state index is 4.12. The molecule has 1 aromatic carbocycles. The fraction of sp³-hybridized carbons (Fsp3) is 0. The Morgan fingerprint density at radius 3 is 2.92 bits per heavy atom. The second-order valence-electron chi connectivity index (χ2n) is 2.24. The maximum atomic E-state index is 4.12. The van der Waals surface area contributed by atoms with Crippen molar-refractivity contribution in [3.63, 3.8) is 0 Å². The number of benzene rings is 1. The van der Waals surface area contributed by atoms with E-state index in [1.54, 1.807) is 0 Å². The summed E-state index contributed by atoms with van der Waals surface area (Å²) in [6.07, 6.45) is 5.84. The van der Waals surface area contributed by atoms with Crippen molar-refractivity contribution in [3.05, 3.63) is 35.9 Å². The topological polar surface area (TPSA) is 12.4 Å². The predicted molar refractivity (Wildman–Crippen MR) is 55.6 cm³/mol. The molecular weight excluding hydrogens is 194 g/mol. The first-order chi connectivity index (χ1) is 5.47. The van der Waals surface area contributed by atoms with E-state index in [0.29, 0.717) is 0 Å². The van der Waals surface area contributed by atoms with Crippen molar-refractivity contribution in [2.45, 2.75) is 4.90 Å². The Hall–Kier alpha value is 0.240. The molecule has 0 amide bonds. The van der Waals surface area contributed by atoms with Gasteiger partial charge in [0.2, 0.25) is 0 Å². The number of hydrogen-bond acceptors (Lipinski definition) is 2. The van der Waals surface area contributed by atoms with Crippen LogP contribution in [0.15, 0.2) is 39.6 Å². The molecule has 0 bridgehead atoms. The van der Waals surface area contributed by atoms with Crippen LogP contribution in [0, 0.1) is 0 Å². The molecule has 56 valence electrons. The summed E-state index contributed by atoms with van der Waals surface area (Å²) in [5, 5.41) is 0. The van der Waals surface area contributed by atoms with Gasteiger partial charge in [-0.2, -0.15) is 0 Å². The normalized spacial score (nSPS) is 13.0. The number of rotatable bonds is 0. The summed E-state index contributed by atoms with van der Waals surface area (Å²) in [5.41, 5.74) is 1.25. The molecule has 0 fully saturated rings. The number of nitrogens with zero attached hydrogens (tertiary/aromatic N) is 1. The molecule has 0 unspecified atom stereocenters. The molecule has 0 saturated carbocycles. The van der Waals surface area contributed by atoms with Gasteiger partial charge in [-0.1, -0.05) is 24.3 Å². The summed E-state index contributed by atoms with van der Waals surface area (Å²) in [4.78, 5) is 1.22. The molecule has 0 aromatic heterocycles. The molecule has 0 aliphatic carbocycles. The SMILES string of the molecule is C1=Cc2ccccc2SN=C1.[Ca]. The van der Waals surface area contributed by atoms with Gasteiger partial charge in [-0.05, 0) is 17.7 Å². The van der Waals surface area contributed by atoms with Crippen molar-refractivity contribution in [2.75, 3.05) is 0 Å². The Kier molecular flexibility index (Phi) is 4.36. The van der Waals surface area contributed by atoms with Gasteiger partial charge in [-0.25, -0.2) is 4.40 Å². The quantitative estimate of drug-likeness (QED) is 0.464. The van der Waals surface area contributed by atoms with Crippen LogP contribution in [0.2, 0.25) is 0 Å². The van der Waals surface area contributed by atoms with Crippen LogP contribution in [0.25, 0.3) is 6.08 Å². The standard InChI is InChI=1S/C9H7NS.Ca/c1-2-6-9-8(4-1)5-3-7-10-11-9;/h1-7H;. The monoisotopic (exact) mass is 201 g/mol. The minimum Gasteiger partial charge on any atom is -0.219 e. The molecule has 2 radical (unpaired) electrons. The predicted octanol–water partition coefficient (Wildman–Crippen LogP) is 2.41. The van der Waals surface area contributed by atoms with E-state index < -0.39 is 0 Å². The Labute approximate surface area is 106 Å². The maximum Gasteiger partial charge on any atom is 0.0377 e. The molecule has 0 N–H and O–H groups in total. The van der Waals surface area contributed by atoms with Gasteiger partial charge in [0.15, 0.2) is 0 Å². The Morgan fingerprint density at radius 2 is 2.00 bits per heavy atom. The van der Waals surface area contributed by atoms with Crippen LogP contribution >= 0.6 is 11.9 Å². The zero-order chi connectivity index (χ0) is 7.52. The van der Waals surface area contributed by atoms with Crippen molar-refractivity contribution in [1.82, 2.24) is 0 Å². The van der Waals surface area contributed by atoms with Gasteiger partial charge >= 0.3 is 0 Å². The molecule has 1 aliphatic heterocycles. The summed E-state index contributed by atoms with van der Waals surface area (Å²) >= 11 is 1.52. The first kappa shape index (κ1) is 10.3. The fourth-order valence-electron chi connectivity index (χ4n) is 0.970. The second kappa shape index (κ2) is 5.07. The molecule has 1 aliphatic rings. The largest absolute Gasteiger partial charge is 0.219 e. The molecule has 0 saturated heterocycles. The molecule has 3 heteroatoms. The van der Waals surface area contributed by atoms with Crippen LogP contribution in [-0.2, 0) is 0 Å². The van der Waals surface area contributed by atoms with Gasteiger partial charge < -0.3 is 0 Å². The third kappa shape index (κ3) is 2.36. The minimum absolute atomic E-state index is 0. The van der Waals surface area contributed by atoms with Crippen LogP contribution in [-0.4, -0.2) is 44.0 Å². The van der Waals surface area contributed by atoms with E-state index in [0.717, 1.165) is 0 Å². The molecule has 0 spiro atoms. The molecule has 0 atom stereocenters.